The van der Waals surface area contributed by atoms with E-state index in [-0.39, 0.29) is 11.8 Å². The first-order valence-electron chi connectivity index (χ1n) is 6.50. The summed E-state index contributed by atoms with van der Waals surface area (Å²) in [5, 5.41) is 3.23. The van der Waals surface area contributed by atoms with Gasteiger partial charge in [0.2, 0.25) is 10.0 Å². The van der Waals surface area contributed by atoms with Crippen molar-refractivity contribution in [2.24, 2.45) is 0 Å². The van der Waals surface area contributed by atoms with Gasteiger partial charge in [0.05, 0.1) is 5.75 Å². The largest absolute Gasteiger partial charge is 0.333 e. The number of aromatic nitrogens is 2. The minimum absolute atomic E-state index is 0.120. The van der Waals surface area contributed by atoms with Crippen LogP contribution in [0.4, 0.5) is 0 Å². The Morgan fingerprint density at radius 2 is 2.16 bits per heavy atom. The molecule has 1 N–H and O–H groups in total. The minimum Gasteiger partial charge on any atom is -0.333 e. The number of aryl methyl sites for hydroxylation is 1. The molecule has 0 aliphatic heterocycles. The lowest BCUT2D eigenvalue weighted by molar-refractivity contribution is 0.472. The van der Waals surface area contributed by atoms with Crippen LogP contribution in [-0.4, -0.2) is 54.7 Å². The molecule has 0 fully saturated rings. The predicted octanol–water partition coefficient (Wildman–Crippen LogP) is 0.315. The van der Waals surface area contributed by atoms with Gasteiger partial charge in [-0.05, 0) is 6.92 Å². The number of rotatable bonds is 8. The molecule has 0 aliphatic rings. The summed E-state index contributed by atoms with van der Waals surface area (Å²) in [6.45, 7) is 5.37. The SMILES string of the molecule is CCc1nccn1CC(C)NCCS(=O)(=O)N(C)C. The topological polar surface area (TPSA) is 67.2 Å². The van der Waals surface area contributed by atoms with E-state index in [0.29, 0.717) is 6.54 Å². The first-order valence-corrected chi connectivity index (χ1v) is 8.11. The fraction of sp³-hybridized carbons (Fsp3) is 0.750. The van der Waals surface area contributed by atoms with Gasteiger partial charge in [0, 0.05) is 52.0 Å². The van der Waals surface area contributed by atoms with Crippen LogP contribution < -0.4 is 5.32 Å². The van der Waals surface area contributed by atoms with Gasteiger partial charge in [-0.2, -0.15) is 0 Å². The fourth-order valence-corrected chi connectivity index (χ4v) is 2.54. The van der Waals surface area contributed by atoms with Gasteiger partial charge in [0.15, 0.2) is 0 Å². The van der Waals surface area contributed by atoms with Crippen LogP contribution in [0.1, 0.15) is 19.7 Å². The number of nitrogens with one attached hydrogen (secondary N) is 1. The van der Waals surface area contributed by atoms with Gasteiger partial charge < -0.3 is 9.88 Å². The molecular weight excluding hydrogens is 264 g/mol. The van der Waals surface area contributed by atoms with Crippen LogP contribution in [-0.2, 0) is 23.0 Å². The molecule has 1 aromatic heterocycles. The normalized spacial score (nSPS) is 13.9. The molecule has 0 bridgehead atoms. The Morgan fingerprint density at radius 3 is 2.74 bits per heavy atom. The number of hydrogen-bond acceptors (Lipinski definition) is 4. The van der Waals surface area contributed by atoms with Gasteiger partial charge in [-0.25, -0.2) is 17.7 Å². The van der Waals surface area contributed by atoms with E-state index in [1.54, 1.807) is 20.3 Å². The first kappa shape index (κ1) is 16.1. The van der Waals surface area contributed by atoms with Crippen molar-refractivity contribution in [3.8, 4) is 0 Å². The van der Waals surface area contributed by atoms with E-state index in [2.05, 4.69) is 21.8 Å². The van der Waals surface area contributed by atoms with Crippen molar-refractivity contribution < 1.29 is 8.42 Å². The van der Waals surface area contributed by atoms with Crippen molar-refractivity contribution in [1.29, 1.82) is 0 Å². The highest BCUT2D eigenvalue weighted by atomic mass is 32.2. The van der Waals surface area contributed by atoms with Crippen molar-refractivity contribution in [2.45, 2.75) is 32.9 Å². The Labute approximate surface area is 115 Å². The lowest BCUT2D eigenvalue weighted by Crippen LogP contribution is -2.37. The zero-order valence-electron chi connectivity index (χ0n) is 12.1. The van der Waals surface area contributed by atoms with E-state index in [1.807, 2.05) is 13.1 Å². The summed E-state index contributed by atoms with van der Waals surface area (Å²) < 4.78 is 26.5. The molecule has 6 nitrogen and oxygen atoms in total. The van der Waals surface area contributed by atoms with E-state index in [4.69, 9.17) is 0 Å². The number of sulfonamides is 1. The minimum atomic E-state index is -3.12. The maximum absolute atomic E-state index is 11.6. The Hall–Kier alpha value is -0.920. The molecular formula is C12H24N4O2S. The molecule has 110 valence electrons. The Balaban J connectivity index is 2.39. The smallest absolute Gasteiger partial charge is 0.214 e. The van der Waals surface area contributed by atoms with Crippen LogP contribution in [0.3, 0.4) is 0 Å². The van der Waals surface area contributed by atoms with E-state index in [1.165, 1.54) is 4.31 Å². The molecule has 0 aromatic carbocycles. The van der Waals surface area contributed by atoms with Crippen LogP contribution >= 0.6 is 0 Å². The number of imidazole rings is 1. The molecule has 1 atom stereocenters. The summed E-state index contributed by atoms with van der Waals surface area (Å²) in [5.41, 5.74) is 0. The highest BCUT2D eigenvalue weighted by Crippen LogP contribution is 2.00. The third-order valence-electron chi connectivity index (χ3n) is 3.00. The first-order chi connectivity index (χ1) is 8.86. The third kappa shape index (κ3) is 4.93. The molecule has 0 saturated heterocycles. The third-order valence-corrected chi connectivity index (χ3v) is 4.83. The second-order valence-electron chi connectivity index (χ2n) is 4.80. The van der Waals surface area contributed by atoms with Crippen molar-refractivity contribution in [1.82, 2.24) is 19.2 Å². The van der Waals surface area contributed by atoms with E-state index in [9.17, 15) is 8.42 Å². The number of hydrogen-bond donors (Lipinski definition) is 1. The lowest BCUT2D eigenvalue weighted by atomic mass is 10.3. The van der Waals surface area contributed by atoms with Crippen molar-refractivity contribution in [2.75, 3.05) is 26.4 Å². The molecule has 0 saturated carbocycles. The van der Waals surface area contributed by atoms with E-state index >= 15 is 0 Å². The highest BCUT2D eigenvalue weighted by molar-refractivity contribution is 7.89. The monoisotopic (exact) mass is 288 g/mol. The fourth-order valence-electron chi connectivity index (χ4n) is 1.80. The zero-order chi connectivity index (χ0) is 14.5. The summed E-state index contributed by atoms with van der Waals surface area (Å²) >= 11 is 0. The Bertz CT molecular complexity index is 482. The summed E-state index contributed by atoms with van der Waals surface area (Å²) in [5.74, 6) is 1.17. The summed E-state index contributed by atoms with van der Waals surface area (Å²) in [6.07, 6.45) is 4.64. The van der Waals surface area contributed by atoms with Crippen LogP contribution in [0.25, 0.3) is 0 Å². The molecule has 1 unspecified atom stereocenters. The second-order valence-corrected chi connectivity index (χ2v) is 7.11. The Kier molecular flexibility index (Phi) is 5.96. The zero-order valence-corrected chi connectivity index (χ0v) is 12.9. The van der Waals surface area contributed by atoms with Crippen molar-refractivity contribution in [3.05, 3.63) is 18.2 Å². The van der Waals surface area contributed by atoms with Crippen LogP contribution in [0.15, 0.2) is 12.4 Å². The highest BCUT2D eigenvalue weighted by Gasteiger charge is 2.13. The average molecular weight is 288 g/mol. The van der Waals surface area contributed by atoms with Crippen LogP contribution in [0, 0.1) is 0 Å². The molecule has 1 aromatic rings. The standard InChI is InChI=1S/C12H24N4O2S/c1-5-12-14-6-8-16(12)10-11(2)13-7-9-19(17,18)15(3)4/h6,8,11,13H,5,7,9-10H2,1-4H3. The molecule has 7 heteroatoms. The molecule has 0 radical (unpaired) electrons. The quantitative estimate of drug-likeness (QED) is 0.748. The Morgan fingerprint density at radius 1 is 1.47 bits per heavy atom. The summed E-state index contributed by atoms with van der Waals surface area (Å²) in [7, 11) is -0.0103. The molecule has 0 amide bonds. The van der Waals surface area contributed by atoms with Gasteiger partial charge in [-0.15, -0.1) is 0 Å². The van der Waals surface area contributed by atoms with Gasteiger partial charge >= 0.3 is 0 Å². The van der Waals surface area contributed by atoms with Gasteiger partial charge in [-0.1, -0.05) is 6.92 Å². The van der Waals surface area contributed by atoms with E-state index in [0.717, 1.165) is 18.8 Å². The van der Waals surface area contributed by atoms with Crippen LogP contribution in [0.5, 0.6) is 0 Å². The molecule has 1 heterocycles. The van der Waals surface area contributed by atoms with Gasteiger partial charge in [0.1, 0.15) is 5.82 Å². The van der Waals surface area contributed by atoms with Crippen molar-refractivity contribution in [3.63, 3.8) is 0 Å². The molecule has 19 heavy (non-hydrogen) atoms. The van der Waals surface area contributed by atoms with Gasteiger partial charge in [-0.3, -0.25) is 0 Å². The average Bonchev–Trinajstić information content (AvgIpc) is 2.75. The van der Waals surface area contributed by atoms with E-state index < -0.39 is 10.0 Å². The molecule has 0 spiro atoms. The van der Waals surface area contributed by atoms with Gasteiger partial charge in [0.25, 0.3) is 0 Å². The predicted molar refractivity (Wildman–Crippen MR) is 76.5 cm³/mol. The summed E-state index contributed by atoms with van der Waals surface area (Å²) in [6, 6.07) is 0.205. The van der Waals surface area contributed by atoms with Crippen molar-refractivity contribution >= 4 is 10.0 Å². The maximum Gasteiger partial charge on any atom is 0.214 e. The second kappa shape index (κ2) is 7.02. The van der Waals surface area contributed by atoms with Crippen LogP contribution in [0.2, 0.25) is 0 Å². The molecule has 0 aliphatic carbocycles. The lowest BCUT2D eigenvalue weighted by Gasteiger charge is -2.17. The molecule has 1 rings (SSSR count). The number of nitrogens with zero attached hydrogens (tertiary/aromatic N) is 3. The summed E-state index contributed by atoms with van der Waals surface area (Å²) in [4.78, 5) is 4.26. The maximum atomic E-state index is 11.6.